The molecule has 3 aromatic rings. The number of aryl methyl sites for hydroxylation is 2. The summed E-state index contributed by atoms with van der Waals surface area (Å²) in [4.78, 5) is 25.7. The standard InChI is InChI=1S/C23H21NO4S/c1-12-4-5-15(10-13(12)2)17-11-18(25)24-20-19(22(23(26)27)29-21(17)20)14-6-8-16(28-3)9-7-14/h4-10,17H,11H2,1-3H3,(H,24,25)(H,26,27)/t17-/m0/s1. The van der Waals surface area contributed by atoms with Crippen LogP contribution in [0.15, 0.2) is 42.5 Å². The minimum absolute atomic E-state index is 0.106. The van der Waals surface area contributed by atoms with E-state index in [0.29, 0.717) is 23.4 Å². The molecule has 0 saturated carbocycles. The number of rotatable bonds is 4. The monoisotopic (exact) mass is 407 g/mol. The Morgan fingerprint density at radius 2 is 1.86 bits per heavy atom. The van der Waals surface area contributed by atoms with E-state index in [1.54, 1.807) is 19.2 Å². The Bertz CT molecular complexity index is 1110. The van der Waals surface area contributed by atoms with Gasteiger partial charge in [-0.25, -0.2) is 4.79 Å². The lowest BCUT2D eigenvalue weighted by molar-refractivity contribution is -0.116. The van der Waals surface area contributed by atoms with Crippen LogP contribution in [0.3, 0.4) is 0 Å². The summed E-state index contributed by atoms with van der Waals surface area (Å²) in [5.74, 6) is -0.576. The second-order valence-electron chi connectivity index (χ2n) is 7.23. The van der Waals surface area contributed by atoms with Gasteiger partial charge in [0.2, 0.25) is 5.91 Å². The van der Waals surface area contributed by atoms with Crippen LogP contribution in [0.2, 0.25) is 0 Å². The number of methoxy groups -OCH3 is 1. The molecule has 0 bridgehead atoms. The number of aromatic carboxylic acids is 1. The molecule has 29 heavy (non-hydrogen) atoms. The minimum atomic E-state index is -0.997. The quantitative estimate of drug-likeness (QED) is 0.622. The topological polar surface area (TPSA) is 75.6 Å². The first-order valence-electron chi connectivity index (χ1n) is 9.30. The molecule has 1 amide bonds. The van der Waals surface area contributed by atoms with Crippen LogP contribution in [0.1, 0.15) is 43.6 Å². The molecule has 5 nitrogen and oxygen atoms in total. The van der Waals surface area contributed by atoms with Crippen molar-refractivity contribution < 1.29 is 19.4 Å². The van der Waals surface area contributed by atoms with Crippen LogP contribution >= 0.6 is 11.3 Å². The molecule has 2 heterocycles. The number of carbonyl (C=O) groups excluding carboxylic acids is 1. The molecular formula is C23H21NO4S. The minimum Gasteiger partial charge on any atom is -0.497 e. The molecule has 0 radical (unpaired) electrons. The molecule has 0 saturated heterocycles. The van der Waals surface area contributed by atoms with Crippen LogP contribution < -0.4 is 10.1 Å². The van der Waals surface area contributed by atoms with Crippen molar-refractivity contribution in [1.29, 1.82) is 0 Å². The number of amides is 1. The fourth-order valence-electron chi connectivity index (χ4n) is 3.72. The molecule has 2 N–H and O–H groups in total. The molecule has 1 atom stereocenters. The number of anilines is 1. The first-order chi connectivity index (χ1) is 13.9. The molecule has 0 unspecified atom stereocenters. The summed E-state index contributed by atoms with van der Waals surface area (Å²) in [6.07, 6.45) is 0.303. The third-order valence-corrected chi connectivity index (χ3v) is 6.70. The molecule has 1 aromatic heterocycles. The Kier molecular flexibility index (Phi) is 4.88. The summed E-state index contributed by atoms with van der Waals surface area (Å²) >= 11 is 1.24. The van der Waals surface area contributed by atoms with Crippen molar-refractivity contribution in [3.8, 4) is 16.9 Å². The second kappa shape index (κ2) is 7.37. The number of thiophene rings is 1. The molecule has 0 aliphatic carbocycles. The average Bonchev–Trinajstić information content (AvgIpc) is 3.09. The number of benzene rings is 2. The van der Waals surface area contributed by atoms with Crippen LogP contribution in [0.25, 0.3) is 11.1 Å². The van der Waals surface area contributed by atoms with Crippen LogP contribution in [0, 0.1) is 13.8 Å². The summed E-state index contributed by atoms with van der Waals surface area (Å²) in [5.41, 5.74) is 5.27. The largest absolute Gasteiger partial charge is 0.497 e. The predicted molar refractivity (Wildman–Crippen MR) is 114 cm³/mol. The Labute approximate surface area is 173 Å². The first-order valence-corrected chi connectivity index (χ1v) is 10.1. The van der Waals surface area contributed by atoms with Crippen LogP contribution in [0.5, 0.6) is 5.75 Å². The Balaban J connectivity index is 1.90. The van der Waals surface area contributed by atoms with E-state index in [9.17, 15) is 14.7 Å². The van der Waals surface area contributed by atoms with Crippen molar-refractivity contribution in [3.05, 3.63) is 68.9 Å². The highest BCUT2D eigenvalue weighted by molar-refractivity contribution is 7.15. The molecular weight excluding hydrogens is 386 g/mol. The van der Waals surface area contributed by atoms with Crippen LogP contribution in [0.4, 0.5) is 5.69 Å². The molecule has 6 heteroatoms. The molecule has 148 valence electrons. The van der Waals surface area contributed by atoms with E-state index in [1.807, 2.05) is 38.1 Å². The third-order valence-electron chi connectivity index (χ3n) is 5.41. The number of hydrogen-bond donors (Lipinski definition) is 2. The number of carbonyl (C=O) groups is 2. The van der Waals surface area contributed by atoms with E-state index in [4.69, 9.17) is 4.74 Å². The van der Waals surface area contributed by atoms with Gasteiger partial charge >= 0.3 is 5.97 Å². The van der Waals surface area contributed by atoms with Gasteiger partial charge in [-0.05, 0) is 48.2 Å². The molecule has 4 rings (SSSR count). The van der Waals surface area contributed by atoms with Gasteiger partial charge in [-0.2, -0.15) is 0 Å². The lowest BCUT2D eigenvalue weighted by Gasteiger charge is -2.24. The number of ether oxygens (including phenoxy) is 1. The average molecular weight is 407 g/mol. The highest BCUT2D eigenvalue weighted by Crippen LogP contribution is 2.49. The van der Waals surface area contributed by atoms with E-state index in [0.717, 1.165) is 21.6 Å². The van der Waals surface area contributed by atoms with Gasteiger partial charge in [0.15, 0.2) is 0 Å². The number of fused-ring (bicyclic) bond motifs is 1. The van der Waals surface area contributed by atoms with E-state index < -0.39 is 5.97 Å². The zero-order valence-corrected chi connectivity index (χ0v) is 17.2. The molecule has 1 aliphatic heterocycles. The maximum Gasteiger partial charge on any atom is 0.346 e. The third kappa shape index (κ3) is 3.40. The van der Waals surface area contributed by atoms with Gasteiger partial charge < -0.3 is 15.2 Å². The zero-order chi connectivity index (χ0) is 20.7. The number of hydrogen-bond acceptors (Lipinski definition) is 4. The number of nitrogens with one attached hydrogen (secondary N) is 1. The summed E-state index contributed by atoms with van der Waals surface area (Å²) in [6.45, 7) is 4.09. The lowest BCUT2D eigenvalue weighted by atomic mass is 9.87. The Morgan fingerprint density at radius 3 is 2.48 bits per heavy atom. The normalized spacial score (nSPS) is 15.6. The number of carboxylic acids is 1. The predicted octanol–water partition coefficient (Wildman–Crippen LogP) is 5.21. The van der Waals surface area contributed by atoms with Gasteiger partial charge in [-0.3, -0.25) is 4.79 Å². The summed E-state index contributed by atoms with van der Waals surface area (Å²) in [6, 6.07) is 13.4. The van der Waals surface area contributed by atoms with E-state index in [1.165, 1.54) is 16.9 Å². The highest BCUT2D eigenvalue weighted by Gasteiger charge is 2.34. The summed E-state index contributed by atoms with van der Waals surface area (Å²) < 4.78 is 5.21. The van der Waals surface area contributed by atoms with Crippen molar-refractivity contribution in [1.82, 2.24) is 0 Å². The van der Waals surface area contributed by atoms with Crippen molar-refractivity contribution in [3.63, 3.8) is 0 Å². The van der Waals surface area contributed by atoms with Crippen molar-refractivity contribution in [2.45, 2.75) is 26.2 Å². The maximum atomic E-state index is 12.6. The Hall–Kier alpha value is -3.12. The van der Waals surface area contributed by atoms with Gasteiger partial charge in [0.1, 0.15) is 10.6 Å². The smallest absolute Gasteiger partial charge is 0.346 e. The maximum absolute atomic E-state index is 12.6. The molecule has 0 fully saturated rings. The van der Waals surface area contributed by atoms with Crippen molar-refractivity contribution in [2.24, 2.45) is 0 Å². The fourth-order valence-corrected chi connectivity index (χ4v) is 4.97. The van der Waals surface area contributed by atoms with Crippen LogP contribution in [-0.4, -0.2) is 24.1 Å². The summed E-state index contributed by atoms with van der Waals surface area (Å²) in [7, 11) is 1.58. The molecule has 0 spiro atoms. The van der Waals surface area contributed by atoms with E-state index in [2.05, 4.69) is 11.4 Å². The Morgan fingerprint density at radius 1 is 1.14 bits per heavy atom. The highest BCUT2D eigenvalue weighted by atomic mass is 32.1. The van der Waals surface area contributed by atoms with Gasteiger partial charge in [-0.1, -0.05) is 30.3 Å². The van der Waals surface area contributed by atoms with Gasteiger partial charge in [0.25, 0.3) is 0 Å². The van der Waals surface area contributed by atoms with E-state index in [-0.39, 0.29) is 16.7 Å². The van der Waals surface area contributed by atoms with Crippen molar-refractivity contribution in [2.75, 3.05) is 12.4 Å². The van der Waals surface area contributed by atoms with Gasteiger partial charge in [0.05, 0.1) is 12.8 Å². The number of carboxylic acid groups (broad SMARTS) is 1. The fraction of sp³-hybridized carbons (Fsp3) is 0.217. The molecule has 2 aromatic carbocycles. The van der Waals surface area contributed by atoms with Crippen LogP contribution in [-0.2, 0) is 4.79 Å². The summed E-state index contributed by atoms with van der Waals surface area (Å²) in [5, 5.41) is 12.8. The van der Waals surface area contributed by atoms with Gasteiger partial charge in [-0.15, -0.1) is 11.3 Å². The molecule has 1 aliphatic rings. The van der Waals surface area contributed by atoms with Gasteiger partial charge in [0, 0.05) is 22.8 Å². The lowest BCUT2D eigenvalue weighted by Crippen LogP contribution is -2.22. The first kappa shape index (κ1) is 19.2. The van der Waals surface area contributed by atoms with E-state index >= 15 is 0 Å². The SMILES string of the molecule is COc1ccc(-c2c(C(=O)O)sc3c2NC(=O)C[C@H]3c2ccc(C)c(C)c2)cc1. The van der Waals surface area contributed by atoms with Crippen molar-refractivity contribution >= 4 is 28.9 Å². The zero-order valence-electron chi connectivity index (χ0n) is 16.4. The second-order valence-corrected chi connectivity index (χ2v) is 8.28.